The maximum absolute atomic E-state index is 5.97. The number of nitrogens with zero attached hydrogens (tertiary/aromatic N) is 1. The molecule has 0 saturated heterocycles. The molecular formula is C20H18ClNO5. The zero-order chi connectivity index (χ0) is 17.7. The van der Waals surface area contributed by atoms with Crippen LogP contribution in [0, 0.1) is 0 Å². The summed E-state index contributed by atoms with van der Waals surface area (Å²) in [5.41, 5.74) is 2.05. The van der Waals surface area contributed by atoms with Crippen molar-refractivity contribution >= 4 is 10.8 Å². The number of benzene rings is 2. The van der Waals surface area contributed by atoms with Crippen molar-refractivity contribution in [2.24, 2.45) is 0 Å². The first-order valence-electron chi connectivity index (χ1n) is 8.43. The molecule has 7 heteroatoms. The van der Waals surface area contributed by atoms with E-state index in [2.05, 4.69) is 16.8 Å². The zero-order valence-electron chi connectivity index (χ0n) is 15.0. The lowest BCUT2D eigenvalue weighted by atomic mass is 10.0. The fourth-order valence-corrected chi connectivity index (χ4v) is 3.53. The lowest BCUT2D eigenvalue weighted by Crippen LogP contribution is -3.00. The second-order valence-corrected chi connectivity index (χ2v) is 6.24. The van der Waals surface area contributed by atoms with E-state index in [-0.39, 0.29) is 19.2 Å². The van der Waals surface area contributed by atoms with Crippen LogP contribution in [0.1, 0.15) is 0 Å². The van der Waals surface area contributed by atoms with Crippen molar-refractivity contribution in [1.29, 1.82) is 0 Å². The second-order valence-electron chi connectivity index (χ2n) is 6.24. The van der Waals surface area contributed by atoms with Crippen LogP contribution in [0.5, 0.6) is 28.7 Å². The largest absolute Gasteiger partial charge is 1.00 e. The molecule has 140 valence electrons. The first-order valence-corrected chi connectivity index (χ1v) is 8.43. The Morgan fingerprint density at radius 1 is 0.815 bits per heavy atom. The van der Waals surface area contributed by atoms with E-state index in [0.717, 1.165) is 45.8 Å². The van der Waals surface area contributed by atoms with E-state index in [1.54, 1.807) is 14.2 Å². The SMILES string of the molecule is COc1cc2cc3[n+](cc2cc1OC)CCOc1cc2c(cc1-3)OCO2.[Cl-]. The summed E-state index contributed by atoms with van der Waals surface area (Å²) in [6.07, 6.45) is 2.12. The molecule has 2 aliphatic rings. The maximum atomic E-state index is 5.97. The standard InChI is InChI=1S/C20H18NO5.ClH/c1-22-17-6-12-5-15-14-8-19-20(26-11-25-19)9-16(14)24-4-3-21(15)10-13(12)7-18(17)23-2;/h5-10H,3-4,11H2,1-2H3;1H/q+1;/p-1. The summed E-state index contributed by atoms with van der Waals surface area (Å²) in [6, 6.07) is 10.0. The van der Waals surface area contributed by atoms with Gasteiger partial charge in [0, 0.05) is 23.6 Å². The van der Waals surface area contributed by atoms with E-state index in [9.17, 15) is 0 Å². The summed E-state index contributed by atoms with van der Waals surface area (Å²) in [7, 11) is 3.29. The molecule has 0 aliphatic carbocycles. The van der Waals surface area contributed by atoms with Gasteiger partial charge in [0.25, 0.3) is 0 Å². The fraction of sp³-hybridized carbons (Fsp3) is 0.250. The van der Waals surface area contributed by atoms with Gasteiger partial charge in [-0.15, -0.1) is 0 Å². The Balaban J connectivity index is 0.00000180. The molecular weight excluding hydrogens is 370 g/mol. The van der Waals surface area contributed by atoms with Crippen LogP contribution in [-0.2, 0) is 6.54 Å². The summed E-state index contributed by atoms with van der Waals surface area (Å²) in [4.78, 5) is 0. The van der Waals surface area contributed by atoms with Crippen molar-refractivity contribution in [3.8, 4) is 40.0 Å². The molecule has 1 aromatic heterocycles. The minimum absolute atomic E-state index is 0. The van der Waals surface area contributed by atoms with Gasteiger partial charge in [-0.1, -0.05) is 0 Å². The van der Waals surface area contributed by atoms with Crippen molar-refractivity contribution in [2.45, 2.75) is 6.54 Å². The number of pyridine rings is 1. The molecule has 0 bridgehead atoms. The molecule has 0 amide bonds. The van der Waals surface area contributed by atoms with Crippen molar-refractivity contribution in [3.63, 3.8) is 0 Å². The third kappa shape index (κ3) is 2.77. The quantitative estimate of drug-likeness (QED) is 0.577. The minimum atomic E-state index is 0. The molecule has 3 heterocycles. The van der Waals surface area contributed by atoms with Crippen LogP contribution < -0.4 is 40.7 Å². The van der Waals surface area contributed by atoms with E-state index in [0.29, 0.717) is 18.1 Å². The van der Waals surface area contributed by atoms with Crippen LogP contribution in [0.15, 0.2) is 36.5 Å². The Morgan fingerprint density at radius 3 is 2.26 bits per heavy atom. The van der Waals surface area contributed by atoms with Gasteiger partial charge in [-0.05, 0) is 17.5 Å². The zero-order valence-corrected chi connectivity index (χ0v) is 15.7. The van der Waals surface area contributed by atoms with E-state index >= 15 is 0 Å². The number of ether oxygens (including phenoxy) is 5. The highest BCUT2D eigenvalue weighted by Crippen LogP contribution is 2.43. The molecule has 0 N–H and O–H groups in total. The van der Waals surface area contributed by atoms with Gasteiger partial charge < -0.3 is 36.1 Å². The third-order valence-electron chi connectivity index (χ3n) is 4.83. The summed E-state index contributed by atoms with van der Waals surface area (Å²) in [6.45, 7) is 1.58. The number of hydrogen-bond acceptors (Lipinski definition) is 5. The van der Waals surface area contributed by atoms with Crippen molar-refractivity contribution in [1.82, 2.24) is 0 Å². The van der Waals surface area contributed by atoms with Gasteiger partial charge in [0.2, 0.25) is 12.5 Å². The first kappa shape index (κ1) is 17.5. The van der Waals surface area contributed by atoms with Gasteiger partial charge in [-0.25, -0.2) is 0 Å². The second kappa shape index (κ2) is 6.70. The molecule has 0 unspecified atom stereocenters. The summed E-state index contributed by atoms with van der Waals surface area (Å²) >= 11 is 0. The molecule has 2 aromatic carbocycles. The van der Waals surface area contributed by atoms with E-state index in [1.165, 1.54) is 0 Å². The highest BCUT2D eigenvalue weighted by Gasteiger charge is 2.27. The average Bonchev–Trinajstić information content (AvgIpc) is 3.05. The number of halogens is 1. The van der Waals surface area contributed by atoms with Crippen LogP contribution in [0.2, 0.25) is 0 Å². The topological polar surface area (TPSA) is 50.0 Å². The Hall–Kier alpha value is -2.86. The molecule has 3 aromatic rings. The van der Waals surface area contributed by atoms with Crippen molar-refractivity contribution in [3.05, 3.63) is 36.5 Å². The van der Waals surface area contributed by atoms with Gasteiger partial charge in [-0.3, -0.25) is 0 Å². The van der Waals surface area contributed by atoms with E-state index in [1.807, 2.05) is 24.3 Å². The van der Waals surface area contributed by atoms with Crippen molar-refractivity contribution < 1.29 is 40.7 Å². The molecule has 0 atom stereocenters. The lowest BCUT2D eigenvalue weighted by molar-refractivity contribution is -0.684. The predicted molar refractivity (Wildman–Crippen MR) is 94.3 cm³/mol. The van der Waals surface area contributed by atoms with Crippen LogP contribution in [0.4, 0.5) is 0 Å². The minimum Gasteiger partial charge on any atom is -1.00 e. The van der Waals surface area contributed by atoms with Crippen LogP contribution in [0.3, 0.4) is 0 Å². The first-order chi connectivity index (χ1) is 12.8. The molecule has 27 heavy (non-hydrogen) atoms. The monoisotopic (exact) mass is 387 g/mol. The van der Waals surface area contributed by atoms with Crippen LogP contribution in [-0.4, -0.2) is 27.6 Å². The number of hydrogen-bond donors (Lipinski definition) is 0. The lowest BCUT2D eigenvalue weighted by Gasteiger charge is -2.10. The number of rotatable bonds is 2. The van der Waals surface area contributed by atoms with Gasteiger partial charge in [0.05, 0.1) is 19.8 Å². The van der Waals surface area contributed by atoms with Gasteiger partial charge in [0.15, 0.2) is 35.7 Å². The number of methoxy groups -OCH3 is 2. The Morgan fingerprint density at radius 2 is 1.52 bits per heavy atom. The smallest absolute Gasteiger partial charge is 0.231 e. The number of aromatic nitrogens is 1. The molecule has 0 saturated carbocycles. The van der Waals surface area contributed by atoms with Gasteiger partial charge in [0.1, 0.15) is 12.4 Å². The summed E-state index contributed by atoms with van der Waals surface area (Å²) in [5, 5.41) is 2.15. The predicted octanol–water partition coefficient (Wildman–Crippen LogP) is -0.0634. The van der Waals surface area contributed by atoms with Crippen molar-refractivity contribution in [2.75, 3.05) is 27.6 Å². The average molecular weight is 388 g/mol. The van der Waals surface area contributed by atoms with Crippen LogP contribution in [0.25, 0.3) is 22.0 Å². The Labute approximate surface area is 162 Å². The third-order valence-corrected chi connectivity index (χ3v) is 4.83. The Kier molecular flexibility index (Phi) is 4.36. The van der Waals surface area contributed by atoms with E-state index < -0.39 is 0 Å². The summed E-state index contributed by atoms with van der Waals surface area (Å²) in [5.74, 6) is 3.70. The molecule has 2 aliphatic heterocycles. The molecule has 0 spiro atoms. The molecule has 6 nitrogen and oxygen atoms in total. The number of fused-ring (bicyclic) bond motifs is 5. The normalized spacial score (nSPS) is 13.7. The highest BCUT2D eigenvalue weighted by atomic mass is 35.5. The summed E-state index contributed by atoms with van der Waals surface area (Å²) < 4.78 is 30.1. The van der Waals surface area contributed by atoms with Gasteiger partial charge in [-0.2, -0.15) is 4.57 Å². The van der Waals surface area contributed by atoms with Crippen LogP contribution >= 0.6 is 0 Å². The molecule has 5 rings (SSSR count). The maximum Gasteiger partial charge on any atom is 0.231 e. The molecule has 0 fully saturated rings. The molecule has 0 radical (unpaired) electrons. The fourth-order valence-electron chi connectivity index (χ4n) is 3.53. The highest BCUT2D eigenvalue weighted by molar-refractivity contribution is 5.88. The van der Waals surface area contributed by atoms with Gasteiger partial charge >= 0.3 is 0 Å². The van der Waals surface area contributed by atoms with E-state index in [4.69, 9.17) is 23.7 Å². The Bertz CT molecular complexity index is 1040.